The number of aromatic amines is 1. The Morgan fingerprint density at radius 2 is 1.96 bits per heavy atom. The van der Waals surface area contributed by atoms with Crippen molar-refractivity contribution in [3.63, 3.8) is 0 Å². The number of aromatic nitrogens is 1. The molecule has 3 rings (SSSR count). The number of carbonyl (C=O) groups is 2. The fraction of sp³-hybridized carbons (Fsp3) is 0.368. The number of rotatable bonds is 6. The van der Waals surface area contributed by atoms with Crippen LogP contribution in [0.4, 0.5) is 5.69 Å². The predicted octanol–water partition coefficient (Wildman–Crippen LogP) is 4.18. The second-order valence-corrected chi connectivity index (χ2v) is 7.24. The van der Waals surface area contributed by atoms with Crippen LogP contribution >= 0.6 is 11.6 Å². The normalized spacial score (nSPS) is 13.8. The maximum absolute atomic E-state index is 12.5. The van der Waals surface area contributed by atoms with Crippen LogP contribution in [0, 0.1) is 5.92 Å². The van der Waals surface area contributed by atoms with Gasteiger partial charge in [-0.05, 0) is 48.9 Å². The Morgan fingerprint density at radius 3 is 2.64 bits per heavy atom. The SMILES string of the molecule is CC(C)CNC(=O)c1cc(NC(=O)c2cc[nH]c2C2CC2)ccc1Cl. The van der Waals surface area contributed by atoms with Crippen molar-refractivity contribution in [1.29, 1.82) is 0 Å². The first-order chi connectivity index (χ1) is 12.0. The van der Waals surface area contributed by atoms with Gasteiger partial charge in [-0.15, -0.1) is 0 Å². The summed E-state index contributed by atoms with van der Waals surface area (Å²) < 4.78 is 0. The van der Waals surface area contributed by atoms with Gasteiger partial charge in [0.05, 0.1) is 16.1 Å². The first-order valence-corrected chi connectivity index (χ1v) is 8.90. The fourth-order valence-electron chi connectivity index (χ4n) is 2.66. The molecule has 0 radical (unpaired) electrons. The highest BCUT2D eigenvalue weighted by Gasteiger charge is 2.29. The minimum atomic E-state index is -0.241. The number of benzene rings is 1. The van der Waals surface area contributed by atoms with Crippen LogP contribution in [0.15, 0.2) is 30.5 Å². The Kier molecular flexibility index (Phi) is 5.13. The van der Waals surface area contributed by atoms with Crippen molar-refractivity contribution in [2.24, 2.45) is 5.92 Å². The van der Waals surface area contributed by atoms with Gasteiger partial charge in [0.2, 0.25) is 0 Å². The van der Waals surface area contributed by atoms with Crippen LogP contribution in [0.5, 0.6) is 0 Å². The number of anilines is 1. The molecule has 0 unspecified atom stereocenters. The van der Waals surface area contributed by atoms with E-state index < -0.39 is 0 Å². The molecular weight excluding hydrogens is 338 g/mol. The highest BCUT2D eigenvalue weighted by Crippen LogP contribution is 2.40. The molecule has 5 nitrogen and oxygen atoms in total. The number of nitrogens with one attached hydrogen (secondary N) is 3. The molecule has 1 aromatic carbocycles. The van der Waals surface area contributed by atoms with Crippen LogP contribution < -0.4 is 10.6 Å². The van der Waals surface area contributed by atoms with Crippen LogP contribution in [-0.2, 0) is 0 Å². The quantitative estimate of drug-likeness (QED) is 0.723. The summed E-state index contributed by atoms with van der Waals surface area (Å²) in [4.78, 5) is 28.0. The molecule has 2 amide bonds. The summed E-state index contributed by atoms with van der Waals surface area (Å²) in [6.45, 7) is 4.61. The van der Waals surface area contributed by atoms with E-state index in [-0.39, 0.29) is 11.8 Å². The number of halogens is 1. The van der Waals surface area contributed by atoms with E-state index in [9.17, 15) is 9.59 Å². The molecule has 1 heterocycles. The molecule has 1 aromatic heterocycles. The summed E-state index contributed by atoms with van der Waals surface area (Å²) in [5.41, 5.74) is 2.55. The first-order valence-electron chi connectivity index (χ1n) is 8.52. The van der Waals surface area contributed by atoms with Gasteiger partial charge in [0, 0.05) is 24.1 Å². The average Bonchev–Trinajstić information content (AvgIpc) is 3.30. The zero-order chi connectivity index (χ0) is 18.0. The van der Waals surface area contributed by atoms with Gasteiger partial charge in [-0.2, -0.15) is 0 Å². The summed E-state index contributed by atoms with van der Waals surface area (Å²) in [6.07, 6.45) is 4.01. The molecule has 0 bridgehead atoms. The molecule has 1 fully saturated rings. The Hall–Kier alpha value is -2.27. The minimum Gasteiger partial charge on any atom is -0.364 e. The van der Waals surface area contributed by atoms with E-state index in [2.05, 4.69) is 15.6 Å². The van der Waals surface area contributed by atoms with Gasteiger partial charge in [-0.3, -0.25) is 9.59 Å². The molecule has 1 saturated carbocycles. The van der Waals surface area contributed by atoms with Gasteiger partial charge in [-0.25, -0.2) is 0 Å². The number of amides is 2. The van der Waals surface area contributed by atoms with E-state index in [4.69, 9.17) is 11.6 Å². The zero-order valence-corrected chi connectivity index (χ0v) is 15.1. The Morgan fingerprint density at radius 1 is 1.20 bits per heavy atom. The molecule has 0 saturated heterocycles. The van der Waals surface area contributed by atoms with Crippen molar-refractivity contribution >= 4 is 29.1 Å². The average molecular weight is 360 g/mol. The molecule has 25 heavy (non-hydrogen) atoms. The summed E-state index contributed by atoms with van der Waals surface area (Å²) in [5.74, 6) is 0.382. The highest BCUT2D eigenvalue weighted by molar-refractivity contribution is 6.34. The maximum atomic E-state index is 12.5. The molecule has 0 atom stereocenters. The molecule has 1 aliphatic carbocycles. The predicted molar refractivity (Wildman–Crippen MR) is 99.3 cm³/mol. The minimum absolute atomic E-state index is 0.181. The lowest BCUT2D eigenvalue weighted by molar-refractivity contribution is 0.0948. The van der Waals surface area contributed by atoms with Gasteiger partial charge in [-0.1, -0.05) is 25.4 Å². The lowest BCUT2D eigenvalue weighted by atomic mass is 10.1. The number of hydrogen-bond donors (Lipinski definition) is 3. The molecule has 132 valence electrons. The van der Waals surface area contributed by atoms with E-state index >= 15 is 0 Å². The Labute approximate surface area is 152 Å². The van der Waals surface area contributed by atoms with Crippen LogP contribution in [0.25, 0.3) is 0 Å². The largest absolute Gasteiger partial charge is 0.364 e. The molecule has 6 heteroatoms. The molecule has 2 aromatic rings. The van der Waals surface area contributed by atoms with Crippen molar-refractivity contribution in [3.05, 3.63) is 52.3 Å². The summed E-state index contributed by atoms with van der Waals surface area (Å²) >= 11 is 6.14. The maximum Gasteiger partial charge on any atom is 0.257 e. The molecule has 1 aliphatic rings. The number of carbonyl (C=O) groups excluding carboxylic acids is 2. The first kappa shape index (κ1) is 17.5. The van der Waals surface area contributed by atoms with Crippen molar-refractivity contribution in [2.45, 2.75) is 32.6 Å². The zero-order valence-electron chi connectivity index (χ0n) is 14.4. The van der Waals surface area contributed by atoms with Crippen LogP contribution in [0.2, 0.25) is 5.02 Å². The number of H-pyrrole nitrogens is 1. The Bertz CT molecular complexity index is 794. The summed E-state index contributed by atoms with van der Waals surface area (Å²) in [7, 11) is 0. The van der Waals surface area contributed by atoms with E-state index in [0.29, 0.717) is 40.2 Å². The van der Waals surface area contributed by atoms with Gasteiger partial charge in [0.15, 0.2) is 0 Å². The number of hydrogen-bond acceptors (Lipinski definition) is 2. The second kappa shape index (κ2) is 7.31. The summed E-state index contributed by atoms with van der Waals surface area (Å²) in [5, 5.41) is 6.06. The van der Waals surface area contributed by atoms with Crippen molar-refractivity contribution < 1.29 is 9.59 Å². The molecular formula is C19H22ClN3O2. The van der Waals surface area contributed by atoms with Crippen molar-refractivity contribution in [2.75, 3.05) is 11.9 Å². The monoisotopic (exact) mass is 359 g/mol. The van der Waals surface area contributed by atoms with Crippen molar-refractivity contribution in [3.8, 4) is 0 Å². The molecule has 3 N–H and O–H groups in total. The third kappa shape index (κ3) is 4.23. The summed E-state index contributed by atoms with van der Waals surface area (Å²) in [6, 6.07) is 6.72. The van der Waals surface area contributed by atoms with E-state index in [1.165, 1.54) is 0 Å². The van der Waals surface area contributed by atoms with Gasteiger partial charge in [0.25, 0.3) is 11.8 Å². The van der Waals surface area contributed by atoms with Crippen LogP contribution in [-0.4, -0.2) is 23.3 Å². The van der Waals surface area contributed by atoms with Crippen LogP contribution in [0.3, 0.4) is 0 Å². The van der Waals surface area contributed by atoms with Gasteiger partial charge in [0.1, 0.15) is 0 Å². The highest BCUT2D eigenvalue weighted by atomic mass is 35.5. The lowest BCUT2D eigenvalue weighted by Gasteiger charge is -2.11. The van der Waals surface area contributed by atoms with E-state index in [1.807, 2.05) is 13.8 Å². The molecule has 0 spiro atoms. The van der Waals surface area contributed by atoms with Crippen molar-refractivity contribution in [1.82, 2.24) is 10.3 Å². The third-order valence-electron chi connectivity index (χ3n) is 4.15. The fourth-order valence-corrected chi connectivity index (χ4v) is 2.86. The lowest BCUT2D eigenvalue weighted by Crippen LogP contribution is -2.27. The smallest absolute Gasteiger partial charge is 0.257 e. The second-order valence-electron chi connectivity index (χ2n) is 6.83. The van der Waals surface area contributed by atoms with Gasteiger partial charge < -0.3 is 15.6 Å². The topological polar surface area (TPSA) is 74.0 Å². The third-order valence-corrected chi connectivity index (χ3v) is 4.48. The standard InChI is InChI=1S/C19H22ClN3O2/c1-11(2)10-22-18(24)15-9-13(5-6-16(15)20)23-19(25)14-7-8-21-17(14)12-3-4-12/h5-9,11-12,21H,3-4,10H2,1-2H3,(H,22,24)(H,23,25). The Balaban J connectivity index is 1.74. The van der Waals surface area contributed by atoms with Gasteiger partial charge >= 0.3 is 0 Å². The van der Waals surface area contributed by atoms with E-state index in [0.717, 1.165) is 18.5 Å². The molecule has 0 aliphatic heterocycles. The van der Waals surface area contributed by atoms with E-state index in [1.54, 1.807) is 30.5 Å². The van der Waals surface area contributed by atoms with Crippen LogP contribution in [0.1, 0.15) is 59.0 Å².